The maximum Gasteiger partial charge on any atom is 0.252 e. The zero-order valence-corrected chi connectivity index (χ0v) is 16.4. The Morgan fingerprint density at radius 2 is 1.92 bits per heavy atom. The first-order chi connectivity index (χ1) is 11.1. The van der Waals surface area contributed by atoms with Crippen molar-refractivity contribution in [2.45, 2.75) is 12.8 Å². The summed E-state index contributed by atoms with van der Waals surface area (Å²) in [5.41, 5.74) is 5.86. The summed E-state index contributed by atoms with van der Waals surface area (Å²) in [6, 6.07) is 8.33. The van der Waals surface area contributed by atoms with Crippen molar-refractivity contribution in [1.29, 1.82) is 0 Å². The Morgan fingerprint density at radius 3 is 2.56 bits per heavy atom. The number of rotatable bonds is 7. The largest absolute Gasteiger partial charge is 0.437 e. The van der Waals surface area contributed by atoms with Crippen molar-refractivity contribution >= 4 is 53.9 Å². The zero-order valence-electron chi connectivity index (χ0n) is 13.2. The van der Waals surface area contributed by atoms with Crippen LogP contribution in [-0.4, -0.2) is 24.0 Å². The Morgan fingerprint density at radius 1 is 1.16 bits per heavy atom. The highest BCUT2D eigenvalue weighted by Gasteiger charge is 2.09. The molecule has 1 heterocycles. The van der Waals surface area contributed by atoms with E-state index in [1.165, 1.54) is 6.20 Å². The summed E-state index contributed by atoms with van der Waals surface area (Å²) in [5.74, 6) is 0.557. The lowest BCUT2D eigenvalue weighted by Crippen LogP contribution is -2.24. The van der Waals surface area contributed by atoms with Crippen molar-refractivity contribution in [2.75, 3.05) is 13.1 Å². The van der Waals surface area contributed by atoms with Crippen molar-refractivity contribution in [1.82, 2.24) is 10.3 Å². The number of carbonyl (C=O) groups is 1. The van der Waals surface area contributed by atoms with Crippen molar-refractivity contribution in [3.8, 4) is 11.6 Å². The third kappa shape index (κ3) is 7.26. The lowest BCUT2D eigenvalue weighted by atomic mass is 10.2. The molecule has 0 bridgehead atoms. The van der Waals surface area contributed by atoms with E-state index in [4.69, 9.17) is 33.7 Å². The predicted molar refractivity (Wildman–Crippen MR) is 106 cm³/mol. The van der Waals surface area contributed by atoms with Crippen LogP contribution in [0.5, 0.6) is 11.6 Å². The Bertz CT molecular complexity index is 669. The van der Waals surface area contributed by atoms with Crippen molar-refractivity contribution in [3.05, 3.63) is 52.1 Å². The lowest BCUT2D eigenvalue weighted by Gasteiger charge is -2.08. The minimum Gasteiger partial charge on any atom is -0.437 e. The maximum atomic E-state index is 11.9. The number of aromatic nitrogens is 1. The van der Waals surface area contributed by atoms with Crippen LogP contribution in [0.25, 0.3) is 0 Å². The zero-order chi connectivity index (χ0) is 16.7. The van der Waals surface area contributed by atoms with Crippen LogP contribution in [0.1, 0.15) is 23.2 Å². The molecule has 2 aromatic rings. The maximum absolute atomic E-state index is 11.9. The molecule has 0 aliphatic carbocycles. The molecule has 3 N–H and O–H groups in total. The van der Waals surface area contributed by atoms with Crippen LogP contribution in [0.4, 0.5) is 0 Å². The second kappa shape index (κ2) is 12.2. The van der Waals surface area contributed by atoms with Gasteiger partial charge in [0, 0.05) is 18.8 Å². The second-order valence-electron chi connectivity index (χ2n) is 4.79. The number of unbranched alkanes of at least 4 members (excludes halogenated alkanes) is 1. The van der Waals surface area contributed by atoms with Gasteiger partial charge in [0.05, 0.1) is 10.6 Å². The summed E-state index contributed by atoms with van der Waals surface area (Å²) in [5, 5.41) is 3.52. The summed E-state index contributed by atoms with van der Waals surface area (Å²) >= 11 is 12.0. The van der Waals surface area contributed by atoms with Crippen molar-refractivity contribution in [2.24, 2.45) is 5.73 Å². The van der Waals surface area contributed by atoms with Crippen LogP contribution in [0.3, 0.4) is 0 Å². The second-order valence-corrected chi connectivity index (χ2v) is 5.58. The summed E-state index contributed by atoms with van der Waals surface area (Å²) in [6.07, 6.45) is 3.18. The molecule has 0 saturated carbocycles. The van der Waals surface area contributed by atoms with Gasteiger partial charge < -0.3 is 15.8 Å². The molecular weight excluding hydrogens is 408 g/mol. The first-order valence-corrected chi connectivity index (χ1v) is 7.93. The monoisotopic (exact) mass is 425 g/mol. The molecule has 0 spiro atoms. The van der Waals surface area contributed by atoms with Gasteiger partial charge in [-0.15, -0.1) is 24.8 Å². The molecule has 0 radical (unpaired) electrons. The number of ether oxygens (including phenoxy) is 1. The average Bonchev–Trinajstić information content (AvgIpc) is 2.56. The molecule has 0 aliphatic heterocycles. The molecule has 9 heteroatoms. The van der Waals surface area contributed by atoms with E-state index >= 15 is 0 Å². The number of amides is 1. The topological polar surface area (TPSA) is 77.2 Å². The van der Waals surface area contributed by atoms with Crippen LogP contribution in [-0.2, 0) is 0 Å². The Hall–Kier alpha value is -1.24. The van der Waals surface area contributed by atoms with Crippen molar-refractivity contribution in [3.63, 3.8) is 0 Å². The summed E-state index contributed by atoms with van der Waals surface area (Å²) in [7, 11) is 0. The van der Waals surface area contributed by atoms with E-state index in [0.717, 1.165) is 12.8 Å². The molecular formula is C16H19Cl4N3O2. The van der Waals surface area contributed by atoms with E-state index in [0.29, 0.717) is 40.3 Å². The Labute approximate surface area is 169 Å². The fourth-order valence-corrected chi connectivity index (χ4v) is 2.15. The quantitative estimate of drug-likeness (QED) is 0.639. The third-order valence-corrected chi connectivity index (χ3v) is 3.85. The summed E-state index contributed by atoms with van der Waals surface area (Å²) in [6.45, 7) is 1.21. The SMILES string of the molecule is Cl.Cl.NCCCCNC(=O)c1ccc(Oc2cccc(Cl)c2Cl)nc1. The van der Waals surface area contributed by atoms with Crippen LogP contribution in [0.15, 0.2) is 36.5 Å². The van der Waals surface area contributed by atoms with Gasteiger partial charge >= 0.3 is 0 Å². The molecule has 0 unspecified atom stereocenters. The van der Waals surface area contributed by atoms with Crippen LogP contribution in [0, 0.1) is 0 Å². The van der Waals surface area contributed by atoms with Gasteiger partial charge in [0.15, 0.2) is 0 Å². The fourth-order valence-electron chi connectivity index (χ4n) is 1.82. The number of hydrogen-bond acceptors (Lipinski definition) is 4. The smallest absolute Gasteiger partial charge is 0.252 e. The normalized spacial score (nSPS) is 9.56. The van der Waals surface area contributed by atoms with Gasteiger partial charge in [-0.25, -0.2) is 4.98 Å². The molecule has 25 heavy (non-hydrogen) atoms. The first kappa shape index (κ1) is 23.8. The van der Waals surface area contributed by atoms with Gasteiger partial charge in [-0.05, 0) is 37.6 Å². The number of hydrogen-bond donors (Lipinski definition) is 2. The molecule has 138 valence electrons. The fraction of sp³-hybridized carbons (Fsp3) is 0.250. The number of nitrogens with one attached hydrogen (secondary N) is 1. The summed E-state index contributed by atoms with van der Waals surface area (Å²) < 4.78 is 5.56. The van der Waals surface area contributed by atoms with E-state index in [1.54, 1.807) is 30.3 Å². The molecule has 1 aromatic heterocycles. The number of benzene rings is 1. The molecule has 0 saturated heterocycles. The standard InChI is InChI=1S/C16H17Cl2N3O2.2ClH/c17-12-4-3-5-13(15(12)18)23-14-7-6-11(10-21-14)16(22)20-9-2-1-8-19;;/h3-7,10H,1-2,8-9,19H2,(H,20,22);2*1H. The van der Waals surface area contributed by atoms with Gasteiger partial charge in [0.2, 0.25) is 5.88 Å². The number of pyridine rings is 1. The average molecular weight is 427 g/mol. The minimum absolute atomic E-state index is 0. The number of nitrogens with zero attached hydrogens (tertiary/aromatic N) is 1. The van der Waals surface area contributed by atoms with Gasteiger partial charge in [0.25, 0.3) is 5.91 Å². The number of nitrogens with two attached hydrogens (primary N) is 1. The molecule has 0 atom stereocenters. The van der Waals surface area contributed by atoms with E-state index < -0.39 is 0 Å². The molecule has 2 rings (SSSR count). The highest BCUT2D eigenvalue weighted by Crippen LogP contribution is 2.33. The van der Waals surface area contributed by atoms with E-state index in [1.807, 2.05) is 0 Å². The highest BCUT2D eigenvalue weighted by atomic mass is 35.5. The van der Waals surface area contributed by atoms with Gasteiger partial charge in [-0.3, -0.25) is 4.79 Å². The van der Waals surface area contributed by atoms with Gasteiger partial charge in [0.1, 0.15) is 10.8 Å². The molecule has 1 amide bonds. The third-order valence-electron chi connectivity index (χ3n) is 3.05. The predicted octanol–water partition coefficient (Wildman–Crippen LogP) is 4.49. The van der Waals surface area contributed by atoms with Crippen molar-refractivity contribution < 1.29 is 9.53 Å². The lowest BCUT2D eigenvalue weighted by molar-refractivity contribution is 0.0952. The van der Waals surface area contributed by atoms with Gasteiger partial charge in [-0.2, -0.15) is 0 Å². The first-order valence-electron chi connectivity index (χ1n) is 7.18. The summed E-state index contributed by atoms with van der Waals surface area (Å²) in [4.78, 5) is 16.0. The molecule has 0 fully saturated rings. The molecule has 0 aliphatic rings. The highest BCUT2D eigenvalue weighted by molar-refractivity contribution is 6.42. The van der Waals surface area contributed by atoms with Crippen LogP contribution < -0.4 is 15.8 Å². The minimum atomic E-state index is -0.179. The Kier molecular flexibility index (Phi) is 11.6. The Balaban J connectivity index is 0.00000288. The molecule has 1 aromatic carbocycles. The van der Waals surface area contributed by atoms with Gasteiger partial charge in [-0.1, -0.05) is 29.3 Å². The van der Waals surface area contributed by atoms with Crippen LogP contribution in [0.2, 0.25) is 10.0 Å². The van der Waals surface area contributed by atoms with E-state index in [9.17, 15) is 4.79 Å². The number of halogens is 4. The van der Waals surface area contributed by atoms with Crippen LogP contribution >= 0.6 is 48.0 Å². The molecule has 5 nitrogen and oxygen atoms in total. The van der Waals surface area contributed by atoms with E-state index in [-0.39, 0.29) is 30.7 Å². The van der Waals surface area contributed by atoms with E-state index in [2.05, 4.69) is 10.3 Å². The number of carbonyl (C=O) groups excluding carboxylic acids is 1.